The summed E-state index contributed by atoms with van der Waals surface area (Å²) >= 11 is 2.05. The predicted molar refractivity (Wildman–Crippen MR) is 73.2 cm³/mol. The molecule has 0 aromatic rings. The number of ether oxygens (including phenoxy) is 1. The zero-order valence-electron chi connectivity index (χ0n) is 11.2. The topological polar surface area (TPSA) is 21.3 Å². The highest BCUT2D eigenvalue weighted by molar-refractivity contribution is 7.99. The van der Waals surface area contributed by atoms with Crippen LogP contribution in [0.15, 0.2) is 0 Å². The Morgan fingerprint density at radius 1 is 1.25 bits per heavy atom. The van der Waals surface area contributed by atoms with E-state index in [0.29, 0.717) is 6.04 Å². The lowest BCUT2D eigenvalue weighted by Crippen LogP contribution is -2.50. The Bertz CT molecular complexity index is 187. The molecule has 0 spiro atoms. The van der Waals surface area contributed by atoms with Gasteiger partial charge in [-0.1, -0.05) is 13.8 Å². The second kappa shape index (κ2) is 6.87. The minimum atomic E-state index is 0.164. The first-order chi connectivity index (χ1) is 7.58. The van der Waals surface area contributed by atoms with Gasteiger partial charge in [-0.25, -0.2) is 0 Å². The molecule has 1 N–H and O–H groups in total. The van der Waals surface area contributed by atoms with Gasteiger partial charge in [-0.2, -0.15) is 11.8 Å². The van der Waals surface area contributed by atoms with E-state index in [-0.39, 0.29) is 5.60 Å². The molecular formula is C13H27NOS. The Morgan fingerprint density at radius 3 is 2.38 bits per heavy atom. The van der Waals surface area contributed by atoms with Crippen molar-refractivity contribution >= 4 is 11.8 Å². The maximum atomic E-state index is 5.60. The van der Waals surface area contributed by atoms with Crippen LogP contribution in [0, 0.1) is 5.92 Å². The second-order valence-corrected chi connectivity index (χ2v) is 6.53. The zero-order valence-corrected chi connectivity index (χ0v) is 12.0. The van der Waals surface area contributed by atoms with Gasteiger partial charge >= 0.3 is 0 Å². The van der Waals surface area contributed by atoms with Crippen molar-refractivity contribution in [3.8, 4) is 0 Å². The standard InChI is InChI=1S/C13H27NOS/c1-11(2)8-16-9-12(3)14-10-13(15-4)6-5-7-13/h11-12,14H,5-10H2,1-4H3. The van der Waals surface area contributed by atoms with E-state index in [4.69, 9.17) is 4.74 Å². The Morgan fingerprint density at radius 2 is 1.94 bits per heavy atom. The second-order valence-electron chi connectivity index (χ2n) is 5.45. The average Bonchev–Trinajstić information content (AvgIpc) is 2.16. The van der Waals surface area contributed by atoms with Crippen molar-refractivity contribution in [2.45, 2.75) is 51.7 Å². The molecular weight excluding hydrogens is 218 g/mol. The van der Waals surface area contributed by atoms with Gasteiger partial charge in [0.25, 0.3) is 0 Å². The lowest BCUT2D eigenvalue weighted by Gasteiger charge is -2.41. The van der Waals surface area contributed by atoms with E-state index in [0.717, 1.165) is 12.5 Å². The normalized spacial score (nSPS) is 20.8. The third-order valence-corrected chi connectivity index (χ3v) is 4.93. The monoisotopic (exact) mass is 245 g/mol. The lowest BCUT2D eigenvalue weighted by molar-refractivity contribution is -0.0702. The van der Waals surface area contributed by atoms with E-state index in [1.54, 1.807) is 0 Å². The Kier molecular flexibility index (Phi) is 6.16. The molecule has 1 unspecified atom stereocenters. The van der Waals surface area contributed by atoms with E-state index in [2.05, 4.69) is 26.1 Å². The van der Waals surface area contributed by atoms with Gasteiger partial charge in [0.1, 0.15) is 0 Å². The molecule has 0 bridgehead atoms. The van der Waals surface area contributed by atoms with Crippen LogP contribution in [-0.2, 0) is 4.74 Å². The van der Waals surface area contributed by atoms with Gasteiger partial charge in [-0.05, 0) is 37.9 Å². The van der Waals surface area contributed by atoms with E-state index in [9.17, 15) is 0 Å². The first kappa shape index (κ1) is 14.3. The summed E-state index contributed by atoms with van der Waals surface area (Å²) in [7, 11) is 1.85. The summed E-state index contributed by atoms with van der Waals surface area (Å²) in [4.78, 5) is 0. The molecule has 3 heteroatoms. The quantitative estimate of drug-likeness (QED) is 0.710. The highest BCUT2D eigenvalue weighted by atomic mass is 32.2. The van der Waals surface area contributed by atoms with E-state index in [1.165, 1.54) is 30.8 Å². The summed E-state index contributed by atoms with van der Waals surface area (Å²) in [5.41, 5.74) is 0.164. The molecule has 0 radical (unpaired) electrons. The summed E-state index contributed by atoms with van der Waals surface area (Å²) < 4.78 is 5.60. The van der Waals surface area contributed by atoms with Crippen LogP contribution < -0.4 is 5.32 Å². The van der Waals surface area contributed by atoms with Gasteiger partial charge in [0.05, 0.1) is 5.60 Å². The van der Waals surface area contributed by atoms with Crippen molar-refractivity contribution in [3.05, 3.63) is 0 Å². The summed E-state index contributed by atoms with van der Waals surface area (Å²) in [5, 5.41) is 3.60. The molecule has 0 heterocycles. The lowest BCUT2D eigenvalue weighted by atomic mass is 9.80. The fourth-order valence-electron chi connectivity index (χ4n) is 1.92. The number of methoxy groups -OCH3 is 1. The Balaban J connectivity index is 2.07. The van der Waals surface area contributed by atoms with Gasteiger partial charge in [0.2, 0.25) is 0 Å². The first-order valence-electron chi connectivity index (χ1n) is 6.44. The minimum absolute atomic E-state index is 0.164. The van der Waals surface area contributed by atoms with Crippen molar-refractivity contribution < 1.29 is 4.74 Å². The molecule has 96 valence electrons. The smallest absolute Gasteiger partial charge is 0.0802 e. The largest absolute Gasteiger partial charge is 0.377 e. The van der Waals surface area contributed by atoms with Crippen molar-refractivity contribution in [1.82, 2.24) is 5.32 Å². The SMILES string of the molecule is COC1(CNC(C)CSCC(C)C)CCC1. The Labute approximate surface area is 105 Å². The third-order valence-electron chi connectivity index (χ3n) is 3.29. The van der Waals surface area contributed by atoms with Crippen LogP contribution in [0.3, 0.4) is 0 Å². The number of thioether (sulfide) groups is 1. The number of rotatable bonds is 8. The van der Waals surface area contributed by atoms with E-state index >= 15 is 0 Å². The molecule has 0 amide bonds. The van der Waals surface area contributed by atoms with Gasteiger partial charge in [0.15, 0.2) is 0 Å². The van der Waals surface area contributed by atoms with Crippen molar-refractivity contribution in [1.29, 1.82) is 0 Å². The molecule has 0 aromatic carbocycles. The molecule has 1 atom stereocenters. The van der Waals surface area contributed by atoms with Crippen LogP contribution in [0.4, 0.5) is 0 Å². The minimum Gasteiger partial charge on any atom is -0.377 e. The van der Waals surface area contributed by atoms with Gasteiger partial charge in [0, 0.05) is 25.4 Å². The number of nitrogens with one attached hydrogen (secondary N) is 1. The molecule has 0 aliphatic heterocycles. The van der Waals surface area contributed by atoms with Gasteiger partial charge in [-0.15, -0.1) is 0 Å². The molecule has 1 fully saturated rings. The third kappa shape index (κ3) is 4.64. The van der Waals surface area contributed by atoms with Crippen LogP contribution in [0.25, 0.3) is 0 Å². The van der Waals surface area contributed by atoms with E-state index < -0.39 is 0 Å². The summed E-state index contributed by atoms with van der Waals surface area (Å²) in [6.45, 7) is 7.85. The molecule has 16 heavy (non-hydrogen) atoms. The number of hydrogen-bond donors (Lipinski definition) is 1. The summed E-state index contributed by atoms with van der Waals surface area (Å²) in [5.74, 6) is 3.27. The molecule has 0 aromatic heterocycles. The van der Waals surface area contributed by atoms with Crippen molar-refractivity contribution in [2.24, 2.45) is 5.92 Å². The maximum absolute atomic E-state index is 5.60. The zero-order chi connectivity index (χ0) is 12.0. The van der Waals surface area contributed by atoms with Crippen LogP contribution >= 0.6 is 11.8 Å². The fourth-order valence-corrected chi connectivity index (χ4v) is 3.00. The molecule has 1 rings (SSSR count). The molecule has 0 saturated heterocycles. The number of hydrogen-bond acceptors (Lipinski definition) is 3. The molecule has 1 saturated carbocycles. The highest BCUT2D eigenvalue weighted by Gasteiger charge is 2.36. The van der Waals surface area contributed by atoms with Gasteiger partial charge < -0.3 is 10.1 Å². The van der Waals surface area contributed by atoms with Crippen LogP contribution in [0.5, 0.6) is 0 Å². The van der Waals surface area contributed by atoms with Gasteiger partial charge in [-0.3, -0.25) is 0 Å². The summed E-state index contributed by atoms with van der Waals surface area (Å²) in [6.07, 6.45) is 3.77. The van der Waals surface area contributed by atoms with E-state index in [1.807, 2.05) is 18.9 Å². The van der Waals surface area contributed by atoms with Crippen LogP contribution in [0.2, 0.25) is 0 Å². The Hall–Kier alpha value is 0.270. The molecule has 1 aliphatic rings. The van der Waals surface area contributed by atoms with Crippen LogP contribution in [-0.4, -0.2) is 36.8 Å². The van der Waals surface area contributed by atoms with Crippen molar-refractivity contribution in [3.63, 3.8) is 0 Å². The first-order valence-corrected chi connectivity index (χ1v) is 7.60. The summed E-state index contributed by atoms with van der Waals surface area (Å²) in [6, 6.07) is 0.594. The van der Waals surface area contributed by atoms with Crippen LogP contribution in [0.1, 0.15) is 40.0 Å². The predicted octanol–water partition coefficient (Wildman–Crippen LogP) is 2.92. The fraction of sp³-hybridized carbons (Fsp3) is 1.00. The highest BCUT2D eigenvalue weighted by Crippen LogP contribution is 2.34. The van der Waals surface area contributed by atoms with Crippen molar-refractivity contribution in [2.75, 3.05) is 25.2 Å². The average molecular weight is 245 g/mol. The maximum Gasteiger partial charge on any atom is 0.0802 e. The molecule has 1 aliphatic carbocycles. The molecule has 2 nitrogen and oxygen atoms in total.